The number of rotatable bonds is 3. The number of sulfonamides is 1. The Morgan fingerprint density at radius 1 is 1.05 bits per heavy atom. The maximum atomic E-state index is 12.1. The summed E-state index contributed by atoms with van der Waals surface area (Å²) in [5, 5.41) is 10.1. The Morgan fingerprint density at radius 3 is 2.42 bits per heavy atom. The molecule has 0 atom stereocenters. The van der Waals surface area contributed by atoms with Gasteiger partial charge in [0.1, 0.15) is 10.6 Å². The summed E-state index contributed by atoms with van der Waals surface area (Å²) < 4.78 is 26.5. The number of hydrogen-bond donors (Lipinski definition) is 2. The molecule has 0 saturated heterocycles. The molecule has 100 valence electrons. The lowest BCUT2D eigenvalue weighted by Gasteiger charge is -2.10. The van der Waals surface area contributed by atoms with Gasteiger partial charge in [-0.3, -0.25) is 4.72 Å². The predicted molar refractivity (Wildman–Crippen MR) is 75.4 cm³/mol. The largest absolute Gasteiger partial charge is 0.507 e. The van der Waals surface area contributed by atoms with Crippen molar-refractivity contribution in [2.24, 2.45) is 0 Å². The van der Waals surface area contributed by atoms with Crippen molar-refractivity contribution in [3.8, 4) is 5.75 Å². The summed E-state index contributed by atoms with van der Waals surface area (Å²) >= 11 is 11.7. The quantitative estimate of drug-likeness (QED) is 0.910. The molecular weight excluding hydrogens is 309 g/mol. The van der Waals surface area contributed by atoms with Crippen LogP contribution in [-0.2, 0) is 10.0 Å². The Hall–Kier alpha value is -1.43. The van der Waals surface area contributed by atoms with E-state index in [2.05, 4.69) is 4.72 Å². The number of phenolic OH excluding ortho intramolecular Hbond substituents is 1. The van der Waals surface area contributed by atoms with E-state index >= 15 is 0 Å². The second-order valence-electron chi connectivity index (χ2n) is 3.70. The molecule has 0 amide bonds. The summed E-state index contributed by atoms with van der Waals surface area (Å²) in [6.45, 7) is 0. The number of anilines is 1. The maximum Gasteiger partial charge on any atom is 0.265 e. The van der Waals surface area contributed by atoms with Crippen LogP contribution in [0.4, 0.5) is 5.69 Å². The molecule has 0 unspecified atom stereocenters. The highest BCUT2D eigenvalue weighted by molar-refractivity contribution is 7.92. The molecule has 0 saturated carbocycles. The number of benzene rings is 2. The van der Waals surface area contributed by atoms with E-state index in [9.17, 15) is 13.5 Å². The first-order valence-electron chi connectivity index (χ1n) is 5.16. The highest BCUT2D eigenvalue weighted by Gasteiger charge is 2.19. The summed E-state index contributed by atoms with van der Waals surface area (Å²) in [6, 6.07) is 10.0. The van der Waals surface area contributed by atoms with Crippen molar-refractivity contribution in [2.75, 3.05) is 4.72 Å². The van der Waals surface area contributed by atoms with Crippen molar-refractivity contribution in [2.45, 2.75) is 4.90 Å². The topological polar surface area (TPSA) is 66.4 Å². The molecule has 4 nitrogen and oxygen atoms in total. The molecule has 0 aromatic heterocycles. The summed E-state index contributed by atoms with van der Waals surface area (Å²) in [6.07, 6.45) is 0. The first-order valence-corrected chi connectivity index (χ1v) is 7.40. The van der Waals surface area contributed by atoms with E-state index < -0.39 is 10.0 Å². The average molecular weight is 318 g/mol. The van der Waals surface area contributed by atoms with Crippen molar-refractivity contribution in [3.63, 3.8) is 0 Å². The van der Waals surface area contributed by atoms with Crippen LogP contribution in [0.5, 0.6) is 5.75 Å². The molecule has 19 heavy (non-hydrogen) atoms. The molecule has 0 bridgehead atoms. The first kappa shape index (κ1) is 14.0. The van der Waals surface area contributed by atoms with E-state index in [1.807, 2.05) is 0 Å². The van der Waals surface area contributed by atoms with Crippen molar-refractivity contribution < 1.29 is 13.5 Å². The molecule has 2 rings (SSSR count). The van der Waals surface area contributed by atoms with Crippen molar-refractivity contribution >= 4 is 38.9 Å². The van der Waals surface area contributed by atoms with Gasteiger partial charge in [-0.2, -0.15) is 0 Å². The molecule has 7 heteroatoms. The van der Waals surface area contributed by atoms with Crippen LogP contribution in [0.25, 0.3) is 0 Å². The summed E-state index contributed by atoms with van der Waals surface area (Å²) in [7, 11) is -3.93. The molecule has 2 aromatic carbocycles. The second kappa shape index (κ2) is 5.28. The van der Waals surface area contributed by atoms with Gasteiger partial charge in [-0.15, -0.1) is 0 Å². The SMILES string of the molecule is O=S(=O)(Nc1cc(Cl)ccc1Cl)c1ccccc1O. The van der Waals surface area contributed by atoms with Crippen LogP contribution >= 0.6 is 23.2 Å². The maximum absolute atomic E-state index is 12.1. The highest BCUT2D eigenvalue weighted by Crippen LogP contribution is 2.29. The fourth-order valence-corrected chi connectivity index (χ4v) is 3.02. The average Bonchev–Trinajstić information content (AvgIpc) is 2.34. The van der Waals surface area contributed by atoms with Crippen molar-refractivity contribution in [3.05, 3.63) is 52.5 Å². The molecule has 2 N–H and O–H groups in total. The number of aromatic hydroxyl groups is 1. The molecule has 0 radical (unpaired) electrons. The predicted octanol–water partition coefficient (Wildman–Crippen LogP) is 3.50. The fraction of sp³-hybridized carbons (Fsp3) is 0. The van der Waals surface area contributed by atoms with E-state index in [0.717, 1.165) is 0 Å². The summed E-state index contributed by atoms with van der Waals surface area (Å²) in [5.74, 6) is -0.340. The van der Waals surface area contributed by atoms with Gasteiger partial charge >= 0.3 is 0 Å². The van der Waals surface area contributed by atoms with Gasteiger partial charge in [-0.1, -0.05) is 35.3 Å². The fourth-order valence-electron chi connectivity index (χ4n) is 1.46. The zero-order valence-corrected chi connectivity index (χ0v) is 11.8. The normalized spacial score (nSPS) is 11.3. The second-order valence-corrected chi connectivity index (χ2v) is 6.19. The van der Waals surface area contributed by atoms with Crippen LogP contribution in [0.15, 0.2) is 47.4 Å². The first-order chi connectivity index (χ1) is 8.90. The van der Waals surface area contributed by atoms with Crippen LogP contribution in [-0.4, -0.2) is 13.5 Å². The van der Waals surface area contributed by atoms with Gasteiger partial charge in [-0.25, -0.2) is 8.42 Å². The number of nitrogens with one attached hydrogen (secondary N) is 1. The number of phenols is 1. The third-order valence-corrected chi connectivity index (χ3v) is 4.31. The minimum atomic E-state index is -3.93. The summed E-state index contributed by atoms with van der Waals surface area (Å²) in [4.78, 5) is -0.231. The Kier molecular flexibility index (Phi) is 3.89. The molecular formula is C12H9Cl2NO3S. The minimum absolute atomic E-state index is 0.150. The third-order valence-electron chi connectivity index (χ3n) is 2.33. The Labute approximate surface area is 120 Å². The standard InChI is InChI=1S/C12H9Cl2NO3S/c13-8-5-6-9(14)10(7-8)15-19(17,18)12-4-2-1-3-11(12)16/h1-7,15-16H. The van der Waals surface area contributed by atoms with E-state index in [4.69, 9.17) is 23.2 Å². The zero-order valence-electron chi connectivity index (χ0n) is 9.47. The Morgan fingerprint density at radius 2 is 1.74 bits per heavy atom. The Balaban J connectivity index is 2.43. The van der Waals surface area contributed by atoms with Crippen LogP contribution in [0.3, 0.4) is 0 Å². The Bertz CT molecular complexity index is 717. The molecule has 0 fully saturated rings. The lowest BCUT2D eigenvalue weighted by molar-refractivity contribution is 0.459. The number of halogens is 2. The lowest BCUT2D eigenvalue weighted by atomic mass is 10.3. The molecule has 2 aromatic rings. The van der Waals surface area contributed by atoms with Crippen LogP contribution in [0.2, 0.25) is 10.0 Å². The molecule has 0 aliphatic rings. The van der Waals surface area contributed by atoms with Crippen LogP contribution in [0.1, 0.15) is 0 Å². The van der Waals surface area contributed by atoms with Gasteiger partial charge in [0.2, 0.25) is 0 Å². The smallest absolute Gasteiger partial charge is 0.265 e. The van der Waals surface area contributed by atoms with E-state index in [1.54, 1.807) is 6.07 Å². The van der Waals surface area contributed by atoms with Gasteiger partial charge in [0.15, 0.2) is 0 Å². The molecule has 0 aliphatic heterocycles. The highest BCUT2D eigenvalue weighted by atomic mass is 35.5. The van der Waals surface area contributed by atoms with Gasteiger partial charge in [0, 0.05) is 5.02 Å². The van der Waals surface area contributed by atoms with E-state index in [-0.39, 0.29) is 21.4 Å². The van der Waals surface area contributed by atoms with Gasteiger partial charge in [-0.05, 0) is 30.3 Å². The number of hydrogen-bond acceptors (Lipinski definition) is 3. The zero-order chi connectivity index (χ0) is 14.0. The van der Waals surface area contributed by atoms with Crippen molar-refractivity contribution in [1.82, 2.24) is 0 Å². The minimum Gasteiger partial charge on any atom is -0.507 e. The van der Waals surface area contributed by atoms with E-state index in [1.165, 1.54) is 36.4 Å². The molecule has 0 heterocycles. The third kappa shape index (κ3) is 3.12. The lowest BCUT2D eigenvalue weighted by Crippen LogP contribution is -2.13. The van der Waals surface area contributed by atoms with Gasteiger partial charge in [0.05, 0.1) is 10.7 Å². The van der Waals surface area contributed by atoms with Crippen molar-refractivity contribution in [1.29, 1.82) is 0 Å². The monoisotopic (exact) mass is 317 g/mol. The number of para-hydroxylation sites is 1. The summed E-state index contributed by atoms with van der Waals surface area (Å²) in [5.41, 5.74) is 0.150. The van der Waals surface area contributed by atoms with Crippen LogP contribution < -0.4 is 4.72 Å². The molecule has 0 aliphatic carbocycles. The van der Waals surface area contributed by atoms with Gasteiger partial charge in [0.25, 0.3) is 10.0 Å². The van der Waals surface area contributed by atoms with E-state index in [0.29, 0.717) is 5.02 Å². The van der Waals surface area contributed by atoms with Gasteiger partial charge < -0.3 is 5.11 Å². The molecule has 0 spiro atoms. The van der Waals surface area contributed by atoms with Crippen LogP contribution in [0, 0.1) is 0 Å².